The van der Waals surface area contributed by atoms with Gasteiger partial charge in [-0.2, -0.15) is 0 Å². The quantitative estimate of drug-likeness (QED) is 0.489. The van der Waals surface area contributed by atoms with Gasteiger partial charge in [-0.15, -0.1) is 0 Å². The minimum atomic E-state index is -0.796. The summed E-state index contributed by atoms with van der Waals surface area (Å²) in [7, 11) is 0. The molecule has 0 aromatic carbocycles. The number of Topliss-reactive ketones (excluding diaryl/α,β-unsaturated/α-hetero) is 5. The van der Waals surface area contributed by atoms with E-state index in [1.807, 2.05) is 0 Å². The number of hydrogen-bond acceptors (Lipinski definition) is 6. The lowest BCUT2D eigenvalue weighted by Crippen LogP contribution is -2.22. The van der Waals surface area contributed by atoms with E-state index < -0.39 is 60.5 Å². The third-order valence-corrected chi connectivity index (χ3v) is 2.75. The van der Waals surface area contributed by atoms with Crippen molar-refractivity contribution in [2.75, 3.05) is 0 Å². The van der Waals surface area contributed by atoms with Gasteiger partial charge >= 0.3 is 0 Å². The maximum absolute atomic E-state index is 11.5. The van der Waals surface area contributed by atoms with Crippen molar-refractivity contribution < 1.29 is 28.8 Å². The van der Waals surface area contributed by atoms with Crippen molar-refractivity contribution in [3.63, 3.8) is 0 Å². The average molecular weight is 266 g/mol. The monoisotopic (exact) mass is 266 g/mol. The lowest BCUT2D eigenvalue weighted by atomic mass is 9.91. The highest BCUT2D eigenvalue weighted by molar-refractivity contribution is 6.14. The van der Waals surface area contributed by atoms with Gasteiger partial charge in [-0.05, 0) is 0 Å². The Morgan fingerprint density at radius 1 is 0.632 bits per heavy atom. The average Bonchev–Trinajstić information content (AvgIpc) is 2.25. The molecule has 0 saturated heterocycles. The van der Waals surface area contributed by atoms with Crippen molar-refractivity contribution in [1.82, 2.24) is 0 Å². The van der Waals surface area contributed by atoms with Crippen LogP contribution >= 0.6 is 0 Å². The summed E-state index contributed by atoms with van der Waals surface area (Å²) in [5.74, 6) is -3.42. The summed E-state index contributed by atoms with van der Waals surface area (Å²) in [4.78, 5) is 67.8. The molecule has 0 aromatic rings. The van der Waals surface area contributed by atoms with Gasteiger partial charge in [-0.3, -0.25) is 24.0 Å². The number of ketones is 5. The maximum Gasteiger partial charge on any atom is 0.147 e. The molecule has 0 amide bonds. The van der Waals surface area contributed by atoms with E-state index in [0.29, 0.717) is 6.29 Å². The first-order valence-corrected chi connectivity index (χ1v) is 5.94. The number of rotatable bonds is 1. The second kappa shape index (κ2) is 6.82. The topological polar surface area (TPSA) is 102 Å². The summed E-state index contributed by atoms with van der Waals surface area (Å²) in [5, 5.41) is 0. The zero-order valence-electron chi connectivity index (χ0n) is 10.3. The molecule has 0 atom stereocenters. The third kappa shape index (κ3) is 5.46. The van der Waals surface area contributed by atoms with Crippen LogP contribution in [0.3, 0.4) is 0 Å². The Kier molecular flexibility index (Phi) is 5.41. The van der Waals surface area contributed by atoms with Crippen LogP contribution in [-0.4, -0.2) is 35.2 Å². The van der Waals surface area contributed by atoms with Crippen LogP contribution in [0.1, 0.15) is 38.5 Å². The van der Waals surface area contributed by atoms with E-state index >= 15 is 0 Å². The molecule has 0 bridgehead atoms. The molecule has 6 nitrogen and oxygen atoms in total. The van der Waals surface area contributed by atoms with Crippen LogP contribution in [0.5, 0.6) is 0 Å². The SMILES string of the molecule is O=CC1CC(=O)CC(=O)CC(=O)CC(=O)CC(=O)C1. The molecule has 0 unspecified atom stereocenters. The molecule has 102 valence electrons. The zero-order valence-corrected chi connectivity index (χ0v) is 10.3. The Morgan fingerprint density at radius 3 is 1.26 bits per heavy atom. The molecular weight excluding hydrogens is 252 g/mol. The van der Waals surface area contributed by atoms with Crippen LogP contribution in [0.2, 0.25) is 0 Å². The van der Waals surface area contributed by atoms with Gasteiger partial charge in [-0.1, -0.05) is 0 Å². The minimum Gasteiger partial charge on any atom is -0.303 e. The predicted octanol–water partition coefficient (Wildman–Crippen LogP) is 0.00120. The molecule has 0 radical (unpaired) electrons. The van der Waals surface area contributed by atoms with Crippen LogP contribution in [0, 0.1) is 5.92 Å². The van der Waals surface area contributed by atoms with Gasteiger partial charge in [0.2, 0.25) is 0 Å². The summed E-state index contributed by atoms with van der Waals surface area (Å²) in [6.45, 7) is 0. The van der Waals surface area contributed by atoms with Gasteiger partial charge in [0.15, 0.2) is 0 Å². The Labute approximate surface area is 109 Å². The Bertz CT molecular complexity index is 412. The largest absolute Gasteiger partial charge is 0.303 e. The molecule has 1 fully saturated rings. The molecule has 0 spiro atoms. The van der Waals surface area contributed by atoms with E-state index in [0.717, 1.165) is 0 Å². The molecule has 1 aliphatic rings. The van der Waals surface area contributed by atoms with Crippen molar-refractivity contribution in [2.45, 2.75) is 38.5 Å². The van der Waals surface area contributed by atoms with Crippen LogP contribution in [0.15, 0.2) is 0 Å². The molecule has 1 aliphatic carbocycles. The summed E-state index contributed by atoms with van der Waals surface area (Å²) < 4.78 is 0. The summed E-state index contributed by atoms with van der Waals surface area (Å²) in [6, 6.07) is 0. The Morgan fingerprint density at radius 2 is 0.947 bits per heavy atom. The molecule has 19 heavy (non-hydrogen) atoms. The lowest BCUT2D eigenvalue weighted by Gasteiger charge is -2.09. The first kappa shape index (κ1) is 15.1. The van der Waals surface area contributed by atoms with Gasteiger partial charge in [0.05, 0.1) is 25.7 Å². The molecule has 1 saturated carbocycles. The van der Waals surface area contributed by atoms with E-state index in [9.17, 15) is 28.8 Å². The molecule has 0 aliphatic heterocycles. The first-order valence-electron chi connectivity index (χ1n) is 5.94. The van der Waals surface area contributed by atoms with Crippen LogP contribution in [-0.2, 0) is 28.8 Å². The smallest absolute Gasteiger partial charge is 0.147 e. The minimum absolute atomic E-state index is 0.205. The van der Waals surface area contributed by atoms with Crippen LogP contribution in [0.25, 0.3) is 0 Å². The Balaban J connectivity index is 2.82. The van der Waals surface area contributed by atoms with Gasteiger partial charge < -0.3 is 4.79 Å². The van der Waals surface area contributed by atoms with Crippen molar-refractivity contribution in [2.24, 2.45) is 5.92 Å². The normalized spacial score (nSPS) is 20.9. The molecule has 6 heteroatoms. The van der Waals surface area contributed by atoms with E-state index in [2.05, 4.69) is 0 Å². The molecule has 0 N–H and O–H groups in total. The summed E-state index contributed by atoms with van der Waals surface area (Å²) in [6.07, 6.45) is -1.74. The van der Waals surface area contributed by atoms with Gasteiger partial charge in [0.1, 0.15) is 35.2 Å². The fourth-order valence-electron chi connectivity index (χ4n) is 1.96. The van der Waals surface area contributed by atoms with E-state index in [1.165, 1.54) is 0 Å². The molecule has 1 rings (SSSR count). The zero-order chi connectivity index (χ0) is 14.4. The van der Waals surface area contributed by atoms with Crippen molar-refractivity contribution in [3.05, 3.63) is 0 Å². The van der Waals surface area contributed by atoms with E-state index in [4.69, 9.17) is 0 Å². The first-order chi connectivity index (χ1) is 8.90. The fraction of sp³-hybridized carbons (Fsp3) is 0.538. The van der Waals surface area contributed by atoms with Crippen molar-refractivity contribution in [1.29, 1.82) is 0 Å². The maximum atomic E-state index is 11.5. The molecule has 0 heterocycles. The van der Waals surface area contributed by atoms with E-state index in [1.54, 1.807) is 0 Å². The number of carbonyl (C=O) groups is 6. The summed E-state index contributed by atoms with van der Waals surface area (Å²) in [5.41, 5.74) is 0. The van der Waals surface area contributed by atoms with Gasteiger partial charge in [-0.25, -0.2) is 0 Å². The Hall–Kier alpha value is -1.98. The van der Waals surface area contributed by atoms with Crippen LogP contribution < -0.4 is 0 Å². The number of hydrogen-bond donors (Lipinski definition) is 0. The second-order valence-electron chi connectivity index (χ2n) is 4.70. The van der Waals surface area contributed by atoms with E-state index in [-0.39, 0.29) is 12.8 Å². The van der Waals surface area contributed by atoms with Gasteiger partial charge in [0, 0.05) is 18.8 Å². The van der Waals surface area contributed by atoms with Gasteiger partial charge in [0.25, 0.3) is 0 Å². The summed E-state index contributed by atoms with van der Waals surface area (Å²) >= 11 is 0. The van der Waals surface area contributed by atoms with Crippen molar-refractivity contribution >= 4 is 35.2 Å². The highest BCUT2D eigenvalue weighted by Gasteiger charge is 2.24. The van der Waals surface area contributed by atoms with Crippen LogP contribution in [0.4, 0.5) is 0 Å². The second-order valence-corrected chi connectivity index (χ2v) is 4.70. The lowest BCUT2D eigenvalue weighted by molar-refractivity contribution is -0.133. The predicted molar refractivity (Wildman–Crippen MR) is 62.3 cm³/mol. The third-order valence-electron chi connectivity index (χ3n) is 2.75. The number of carbonyl (C=O) groups excluding carboxylic acids is 6. The fourth-order valence-corrected chi connectivity index (χ4v) is 1.96. The standard InChI is InChI=1S/C13H14O6/c14-7-8-1-9(15)3-11(17)5-13(19)6-12(18)4-10(16)2-8/h7-8H,1-6H2. The molecule has 0 aromatic heterocycles. The van der Waals surface area contributed by atoms with Crippen molar-refractivity contribution in [3.8, 4) is 0 Å². The number of aldehydes is 1. The highest BCUT2D eigenvalue weighted by Crippen LogP contribution is 2.13. The highest BCUT2D eigenvalue weighted by atomic mass is 16.2. The molecular formula is C13H14O6.